The number of pyridine rings is 1. The first-order valence-electron chi connectivity index (χ1n) is 7.20. The summed E-state index contributed by atoms with van der Waals surface area (Å²) in [6.45, 7) is 10.3. The van der Waals surface area contributed by atoms with Crippen LogP contribution in [0.2, 0.25) is 0 Å². The highest BCUT2D eigenvalue weighted by Gasteiger charge is 2.15. The fraction of sp³-hybridized carbons (Fsp3) is 0.389. The van der Waals surface area contributed by atoms with Gasteiger partial charge in [0.15, 0.2) is 0 Å². The Morgan fingerprint density at radius 2 is 1.86 bits per heavy atom. The number of nitrogens with zero attached hydrogens (tertiary/aromatic N) is 1. The lowest BCUT2D eigenvalue weighted by atomic mass is 9.86. The third-order valence-electron chi connectivity index (χ3n) is 3.50. The van der Waals surface area contributed by atoms with E-state index in [0.29, 0.717) is 5.88 Å². The minimum atomic E-state index is -0.528. The molecule has 3 nitrogen and oxygen atoms in total. The Labute approximate surface area is 126 Å². The van der Waals surface area contributed by atoms with Gasteiger partial charge in [-0.2, -0.15) is 0 Å². The van der Waals surface area contributed by atoms with Crippen molar-refractivity contribution in [1.82, 2.24) is 4.98 Å². The lowest BCUT2D eigenvalue weighted by Gasteiger charge is -2.20. The van der Waals surface area contributed by atoms with Crippen molar-refractivity contribution >= 4 is 0 Å². The maximum atomic E-state index is 9.61. The molecule has 1 N–H and O–H groups in total. The van der Waals surface area contributed by atoms with Crippen LogP contribution in [0.15, 0.2) is 36.5 Å². The van der Waals surface area contributed by atoms with Gasteiger partial charge in [-0.1, -0.05) is 32.9 Å². The van der Waals surface area contributed by atoms with E-state index >= 15 is 0 Å². The Morgan fingerprint density at radius 3 is 2.43 bits per heavy atom. The summed E-state index contributed by atoms with van der Waals surface area (Å²) < 4.78 is 5.85. The molecule has 1 unspecified atom stereocenters. The van der Waals surface area contributed by atoms with Crippen molar-refractivity contribution in [1.29, 1.82) is 0 Å². The zero-order valence-electron chi connectivity index (χ0n) is 13.3. The molecule has 0 bridgehead atoms. The standard InChI is InChI=1S/C18H23NO2/c1-12-10-15(18(3,4)5)6-7-16(12)21-17-11-14(13(2)20)8-9-19-17/h6-11,13,20H,1-5H3. The van der Waals surface area contributed by atoms with Gasteiger partial charge in [-0.05, 0) is 48.1 Å². The first-order chi connectivity index (χ1) is 9.77. The Bertz CT molecular complexity index is 627. The van der Waals surface area contributed by atoms with Crippen LogP contribution in [0.3, 0.4) is 0 Å². The molecule has 0 spiro atoms. The molecule has 0 radical (unpaired) electrons. The van der Waals surface area contributed by atoms with Crippen LogP contribution in [0.1, 0.15) is 50.5 Å². The second-order valence-corrected chi connectivity index (χ2v) is 6.44. The normalized spacial score (nSPS) is 13.0. The van der Waals surface area contributed by atoms with Crippen molar-refractivity contribution in [3.63, 3.8) is 0 Å². The number of benzene rings is 1. The maximum Gasteiger partial charge on any atom is 0.219 e. The zero-order valence-corrected chi connectivity index (χ0v) is 13.3. The number of aryl methyl sites for hydroxylation is 1. The fourth-order valence-electron chi connectivity index (χ4n) is 2.08. The van der Waals surface area contributed by atoms with Gasteiger partial charge in [0.25, 0.3) is 0 Å². The summed E-state index contributed by atoms with van der Waals surface area (Å²) in [4.78, 5) is 4.20. The van der Waals surface area contributed by atoms with Crippen LogP contribution in [0.25, 0.3) is 0 Å². The van der Waals surface area contributed by atoms with E-state index in [0.717, 1.165) is 16.9 Å². The number of aromatic nitrogens is 1. The van der Waals surface area contributed by atoms with Crippen molar-refractivity contribution in [3.8, 4) is 11.6 Å². The Kier molecular flexibility index (Phi) is 4.33. The van der Waals surface area contributed by atoms with Gasteiger partial charge in [0, 0.05) is 12.3 Å². The van der Waals surface area contributed by atoms with Crippen molar-refractivity contribution < 1.29 is 9.84 Å². The second-order valence-electron chi connectivity index (χ2n) is 6.44. The molecule has 1 heterocycles. The lowest BCUT2D eigenvalue weighted by Crippen LogP contribution is -2.11. The van der Waals surface area contributed by atoms with Gasteiger partial charge >= 0.3 is 0 Å². The van der Waals surface area contributed by atoms with Gasteiger partial charge in [-0.15, -0.1) is 0 Å². The molecule has 0 fully saturated rings. The molecule has 2 aromatic rings. The monoisotopic (exact) mass is 285 g/mol. The van der Waals surface area contributed by atoms with Crippen LogP contribution < -0.4 is 4.74 Å². The summed E-state index contributed by atoms with van der Waals surface area (Å²) in [6.07, 6.45) is 1.12. The molecular formula is C18H23NO2. The Hall–Kier alpha value is -1.87. The van der Waals surface area contributed by atoms with E-state index in [2.05, 4.69) is 37.9 Å². The third-order valence-corrected chi connectivity index (χ3v) is 3.50. The topological polar surface area (TPSA) is 42.4 Å². The van der Waals surface area contributed by atoms with Gasteiger partial charge < -0.3 is 9.84 Å². The van der Waals surface area contributed by atoms with Crippen molar-refractivity contribution in [2.24, 2.45) is 0 Å². The summed E-state index contributed by atoms with van der Waals surface area (Å²) in [6, 6.07) is 9.76. The lowest BCUT2D eigenvalue weighted by molar-refractivity contribution is 0.198. The van der Waals surface area contributed by atoms with Crippen LogP contribution in [0, 0.1) is 6.92 Å². The molecule has 0 aliphatic heterocycles. The quantitative estimate of drug-likeness (QED) is 0.900. The average Bonchev–Trinajstić information content (AvgIpc) is 2.40. The minimum Gasteiger partial charge on any atom is -0.439 e. The van der Waals surface area contributed by atoms with Crippen LogP contribution in [0.5, 0.6) is 11.6 Å². The molecule has 21 heavy (non-hydrogen) atoms. The smallest absolute Gasteiger partial charge is 0.219 e. The highest BCUT2D eigenvalue weighted by molar-refractivity contribution is 5.40. The average molecular weight is 285 g/mol. The van der Waals surface area contributed by atoms with E-state index in [4.69, 9.17) is 4.74 Å². The molecule has 1 aromatic heterocycles. The van der Waals surface area contributed by atoms with Gasteiger partial charge in [0.1, 0.15) is 5.75 Å². The van der Waals surface area contributed by atoms with E-state index in [-0.39, 0.29) is 5.41 Å². The minimum absolute atomic E-state index is 0.119. The van der Waals surface area contributed by atoms with Crippen LogP contribution in [0.4, 0.5) is 0 Å². The van der Waals surface area contributed by atoms with Gasteiger partial charge in [0.2, 0.25) is 5.88 Å². The summed E-state index contributed by atoms with van der Waals surface area (Å²) >= 11 is 0. The molecule has 0 saturated heterocycles. The zero-order chi connectivity index (χ0) is 15.6. The first-order valence-corrected chi connectivity index (χ1v) is 7.20. The number of aliphatic hydroxyl groups excluding tert-OH is 1. The highest BCUT2D eigenvalue weighted by Crippen LogP contribution is 2.30. The van der Waals surface area contributed by atoms with Gasteiger partial charge in [-0.25, -0.2) is 4.98 Å². The molecule has 0 aliphatic rings. The van der Waals surface area contributed by atoms with Crippen LogP contribution >= 0.6 is 0 Å². The molecule has 0 saturated carbocycles. The Morgan fingerprint density at radius 1 is 1.14 bits per heavy atom. The predicted molar refractivity (Wildman–Crippen MR) is 84.8 cm³/mol. The summed E-state index contributed by atoms with van der Waals surface area (Å²) in [7, 11) is 0. The van der Waals surface area contributed by atoms with Crippen molar-refractivity contribution in [2.45, 2.75) is 46.1 Å². The molecule has 0 amide bonds. The SMILES string of the molecule is Cc1cc(C(C)(C)C)ccc1Oc1cc(C(C)O)ccn1. The maximum absolute atomic E-state index is 9.61. The van der Waals surface area contributed by atoms with Crippen LogP contribution in [-0.4, -0.2) is 10.1 Å². The van der Waals surface area contributed by atoms with E-state index in [1.54, 1.807) is 25.3 Å². The molecule has 3 heteroatoms. The summed E-state index contributed by atoms with van der Waals surface area (Å²) in [5, 5.41) is 9.61. The molecule has 1 aromatic carbocycles. The molecular weight excluding hydrogens is 262 g/mol. The molecule has 0 aliphatic carbocycles. The van der Waals surface area contributed by atoms with Gasteiger partial charge in [-0.3, -0.25) is 0 Å². The number of aliphatic hydroxyl groups is 1. The van der Waals surface area contributed by atoms with Crippen LogP contribution in [-0.2, 0) is 5.41 Å². The molecule has 2 rings (SSSR count). The number of rotatable bonds is 3. The number of hydrogen-bond donors (Lipinski definition) is 1. The molecule has 112 valence electrons. The van der Waals surface area contributed by atoms with E-state index in [1.807, 2.05) is 13.0 Å². The van der Waals surface area contributed by atoms with E-state index in [9.17, 15) is 5.11 Å². The second kappa shape index (κ2) is 5.86. The number of ether oxygens (including phenoxy) is 1. The number of hydrogen-bond acceptors (Lipinski definition) is 3. The Balaban J connectivity index is 2.26. The van der Waals surface area contributed by atoms with Crippen molar-refractivity contribution in [3.05, 3.63) is 53.2 Å². The third kappa shape index (κ3) is 3.82. The predicted octanol–water partition coefficient (Wildman–Crippen LogP) is 4.53. The largest absolute Gasteiger partial charge is 0.439 e. The molecule has 1 atom stereocenters. The van der Waals surface area contributed by atoms with Gasteiger partial charge in [0.05, 0.1) is 6.10 Å². The van der Waals surface area contributed by atoms with Crippen molar-refractivity contribution in [2.75, 3.05) is 0 Å². The summed E-state index contributed by atoms with van der Waals surface area (Å²) in [5.74, 6) is 1.29. The highest BCUT2D eigenvalue weighted by atomic mass is 16.5. The van der Waals surface area contributed by atoms with E-state index < -0.39 is 6.10 Å². The first kappa shape index (κ1) is 15.5. The fourth-order valence-corrected chi connectivity index (χ4v) is 2.08. The van der Waals surface area contributed by atoms with E-state index in [1.165, 1.54) is 5.56 Å². The summed E-state index contributed by atoms with van der Waals surface area (Å²) in [5.41, 5.74) is 3.27.